The summed E-state index contributed by atoms with van der Waals surface area (Å²) in [5, 5.41) is 3.30. The van der Waals surface area contributed by atoms with E-state index in [4.69, 9.17) is 4.74 Å². The van der Waals surface area contributed by atoms with Gasteiger partial charge in [-0.3, -0.25) is 0 Å². The van der Waals surface area contributed by atoms with E-state index in [0.717, 1.165) is 23.1 Å². The maximum absolute atomic E-state index is 6.31. The number of nitrogens with one attached hydrogen (secondary N) is 1. The first-order chi connectivity index (χ1) is 9.41. The van der Waals surface area contributed by atoms with Crippen molar-refractivity contribution in [1.82, 2.24) is 5.32 Å². The van der Waals surface area contributed by atoms with Gasteiger partial charge in [-0.2, -0.15) is 0 Å². The topological polar surface area (TPSA) is 21.3 Å². The van der Waals surface area contributed by atoms with Gasteiger partial charge in [-0.25, -0.2) is 0 Å². The van der Waals surface area contributed by atoms with Crippen LogP contribution in [0.25, 0.3) is 0 Å². The Hall–Kier alpha value is -0.540. The van der Waals surface area contributed by atoms with Crippen molar-refractivity contribution in [3.05, 3.63) is 28.2 Å². The molecule has 1 aromatic carbocycles. The summed E-state index contributed by atoms with van der Waals surface area (Å²) in [5.41, 5.74) is 1.72. The minimum Gasteiger partial charge on any atom is -0.490 e. The lowest BCUT2D eigenvalue weighted by atomic mass is 9.76. The van der Waals surface area contributed by atoms with E-state index >= 15 is 0 Å². The van der Waals surface area contributed by atoms with E-state index in [2.05, 4.69) is 60.2 Å². The van der Waals surface area contributed by atoms with Gasteiger partial charge in [-0.15, -0.1) is 0 Å². The monoisotopic (exact) mass is 339 g/mol. The van der Waals surface area contributed by atoms with Crippen LogP contribution in [0.3, 0.4) is 0 Å². The molecule has 0 heterocycles. The highest BCUT2D eigenvalue weighted by Gasteiger charge is 2.28. The Labute approximate surface area is 131 Å². The van der Waals surface area contributed by atoms with E-state index in [1.807, 2.05) is 7.05 Å². The predicted molar refractivity (Wildman–Crippen MR) is 88.3 cm³/mol. The Morgan fingerprint density at radius 2 is 1.95 bits per heavy atom. The predicted octanol–water partition coefficient (Wildman–Crippen LogP) is 5.08. The molecule has 20 heavy (non-hydrogen) atoms. The summed E-state index contributed by atoms with van der Waals surface area (Å²) in [6, 6.07) is 6.63. The lowest BCUT2D eigenvalue weighted by Gasteiger charge is -2.35. The zero-order valence-corrected chi connectivity index (χ0v) is 14.6. The number of hydrogen-bond donors (Lipinski definition) is 1. The summed E-state index contributed by atoms with van der Waals surface area (Å²) in [4.78, 5) is 0. The molecule has 1 aromatic rings. The van der Waals surface area contributed by atoms with Crippen LogP contribution in [0.2, 0.25) is 0 Å². The highest BCUT2D eigenvalue weighted by Crippen LogP contribution is 2.38. The third-order valence-corrected chi connectivity index (χ3v) is 4.95. The van der Waals surface area contributed by atoms with Gasteiger partial charge in [0, 0.05) is 16.1 Å². The van der Waals surface area contributed by atoms with Crippen molar-refractivity contribution in [2.45, 2.75) is 58.6 Å². The fraction of sp³-hybridized carbons (Fsp3) is 0.647. The van der Waals surface area contributed by atoms with Gasteiger partial charge in [-0.05, 0) is 57.2 Å². The smallest absolute Gasteiger partial charge is 0.125 e. The van der Waals surface area contributed by atoms with Gasteiger partial charge in [0.2, 0.25) is 0 Å². The first-order valence-electron chi connectivity index (χ1n) is 7.55. The van der Waals surface area contributed by atoms with Gasteiger partial charge in [0.05, 0.1) is 6.10 Å². The molecular weight excluding hydrogens is 314 g/mol. The number of rotatable bonds is 4. The molecule has 0 spiro atoms. The third kappa shape index (κ3) is 3.98. The summed E-state index contributed by atoms with van der Waals surface area (Å²) in [6.45, 7) is 6.88. The average molecular weight is 340 g/mol. The number of ether oxygens (including phenoxy) is 1. The van der Waals surface area contributed by atoms with Crippen molar-refractivity contribution in [3.8, 4) is 5.75 Å². The highest BCUT2D eigenvalue weighted by molar-refractivity contribution is 9.10. The first kappa shape index (κ1) is 15.8. The maximum atomic E-state index is 6.31. The lowest BCUT2D eigenvalue weighted by Crippen LogP contribution is -2.29. The minimum atomic E-state index is 0.304. The quantitative estimate of drug-likeness (QED) is 0.825. The van der Waals surface area contributed by atoms with Gasteiger partial charge in [0.25, 0.3) is 0 Å². The Balaban J connectivity index is 2.10. The molecule has 0 bridgehead atoms. The van der Waals surface area contributed by atoms with Crippen LogP contribution in [0.1, 0.15) is 58.1 Å². The largest absolute Gasteiger partial charge is 0.490 e. The van der Waals surface area contributed by atoms with Gasteiger partial charge in [0.1, 0.15) is 5.75 Å². The molecule has 1 aliphatic rings. The molecule has 3 heteroatoms. The second-order valence-electron chi connectivity index (χ2n) is 6.67. The summed E-state index contributed by atoms with van der Waals surface area (Å²) < 4.78 is 7.39. The molecule has 0 amide bonds. The van der Waals surface area contributed by atoms with Gasteiger partial charge >= 0.3 is 0 Å². The summed E-state index contributed by atoms with van der Waals surface area (Å²) in [7, 11) is 1.99. The molecule has 1 N–H and O–H groups in total. The van der Waals surface area contributed by atoms with Gasteiger partial charge < -0.3 is 10.1 Å². The normalized spacial score (nSPS) is 20.6. The molecule has 1 aliphatic carbocycles. The van der Waals surface area contributed by atoms with Gasteiger partial charge in [-0.1, -0.05) is 35.8 Å². The second kappa shape index (κ2) is 6.48. The SMILES string of the molecule is CNC(C)c1ccc(Br)cc1OC1CCC(C)(C)CC1. The first-order valence-corrected chi connectivity index (χ1v) is 8.34. The summed E-state index contributed by atoms with van der Waals surface area (Å²) in [6.07, 6.45) is 5.19. The van der Waals surface area contributed by atoms with Crippen LogP contribution in [0.4, 0.5) is 0 Å². The van der Waals surface area contributed by atoms with Crippen LogP contribution in [0, 0.1) is 5.41 Å². The van der Waals surface area contributed by atoms with Crippen molar-refractivity contribution in [2.75, 3.05) is 7.05 Å². The molecule has 112 valence electrons. The van der Waals surface area contributed by atoms with E-state index in [-0.39, 0.29) is 0 Å². The molecule has 2 rings (SSSR count). The number of benzene rings is 1. The second-order valence-corrected chi connectivity index (χ2v) is 7.59. The Bertz CT molecular complexity index is 448. The zero-order chi connectivity index (χ0) is 14.8. The Morgan fingerprint density at radius 3 is 2.55 bits per heavy atom. The van der Waals surface area contributed by atoms with Crippen LogP contribution in [0.5, 0.6) is 5.75 Å². The van der Waals surface area contributed by atoms with E-state index in [1.54, 1.807) is 0 Å². The van der Waals surface area contributed by atoms with E-state index in [1.165, 1.54) is 18.4 Å². The summed E-state index contributed by atoms with van der Waals surface area (Å²) in [5.74, 6) is 1.02. The van der Waals surface area contributed by atoms with E-state index < -0.39 is 0 Å². The lowest BCUT2D eigenvalue weighted by molar-refractivity contribution is 0.0974. The van der Waals surface area contributed by atoms with Crippen molar-refractivity contribution in [1.29, 1.82) is 0 Å². The van der Waals surface area contributed by atoms with Crippen molar-refractivity contribution < 1.29 is 4.74 Å². The molecule has 2 nitrogen and oxygen atoms in total. The Morgan fingerprint density at radius 1 is 1.30 bits per heavy atom. The number of halogens is 1. The van der Waals surface area contributed by atoms with E-state index in [0.29, 0.717) is 17.6 Å². The van der Waals surface area contributed by atoms with Crippen LogP contribution >= 0.6 is 15.9 Å². The molecule has 1 unspecified atom stereocenters. The minimum absolute atomic E-state index is 0.304. The molecule has 1 fully saturated rings. The molecule has 0 radical (unpaired) electrons. The van der Waals surface area contributed by atoms with Crippen LogP contribution in [0.15, 0.2) is 22.7 Å². The third-order valence-electron chi connectivity index (χ3n) is 4.45. The summed E-state index contributed by atoms with van der Waals surface area (Å²) >= 11 is 3.55. The molecule has 0 aromatic heterocycles. The zero-order valence-electron chi connectivity index (χ0n) is 13.0. The Kier molecular flexibility index (Phi) is 5.14. The van der Waals surface area contributed by atoms with Crippen LogP contribution in [-0.2, 0) is 0 Å². The highest BCUT2D eigenvalue weighted by atomic mass is 79.9. The fourth-order valence-electron chi connectivity index (χ4n) is 2.79. The molecule has 0 saturated heterocycles. The van der Waals surface area contributed by atoms with Crippen molar-refractivity contribution in [3.63, 3.8) is 0 Å². The van der Waals surface area contributed by atoms with Crippen LogP contribution < -0.4 is 10.1 Å². The number of hydrogen-bond acceptors (Lipinski definition) is 2. The molecule has 0 aliphatic heterocycles. The molecule has 1 saturated carbocycles. The maximum Gasteiger partial charge on any atom is 0.125 e. The van der Waals surface area contributed by atoms with E-state index in [9.17, 15) is 0 Å². The average Bonchev–Trinajstić information content (AvgIpc) is 2.40. The van der Waals surface area contributed by atoms with Crippen molar-refractivity contribution in [2.24, 2.45) is 5.41 Å². The van der Waals surface area contributed by atoms with Gasteiger partial charge in [0.15, 0.2) is 0 Å². The standard InChI is InChI=1S/C17H26BrNO/c1-12(19-4)15-6-5-13(18)11-16(15)20-14-7-9-17(2,3)10-8-14/h5-6,11-12,14,19H,7-10H2,1-4H3. The van der Waals surface area contributed by atoms with Crippen LogP contribution in [-0.4, -0.2) is 13.2 Å². The fourth-order valence-corrected chi connectivity index (χ4v) is 3.13. The van der Waals surface area contributed by atoms with Crippen molar-refractivity contribution >= 4 is 15.9 Å². The molecule has 1 atom stereocenters. The molecular formula is C17H26BrNO.